The maximum absolute atomic E-state index is 14.2. The standard InChI is InChI=1S/C55H62N10O7/c1-31-8-10-41(69-3)39(20-31)60-52-46-49-35(24-59-54(46)66)7-5-18-65-28-33(30-71-44-26-57-16-13-38(44)50(52)63-49)21-45(65)72-42-11-9-36(68-2)22-40(42)61-53-47-48-34(23-58-55(47)67)6-4-17-64-19-14-32(27-64)29-70-43-25-56-15-12-37(43)51(53)62-48/h8-13,15-16,20,22,25-26,32-35,45,60-63H,4-7,14,17-19,21,23-24,27-30H2,1-3H3,(H,58,67)(H,59,66)/t32-,33-,34+,35-,45?/m1/s1. The number of fused-ring (bicyclic) bond motifs is 10. The first-order valence-electron chi connectivity index (χ1n) is 25.5. The van der Waals surface area contributed by atoms with Crippen molar-refractivity contribution in [1.29, 1.82) is 0 Å². The van der Waals surface area contributed by atoms with Gasteiger partial charge in [-0.15, -0.1) is 0 Å². The van der Waals surface area contributed by atoms with E-state index in [1.807, 2.05) is 55.5 Å². The maximum Gasteiger partial charge on any atom is 0.255 e. The van der Waals surface area contributed by atoms with Crippen LogP contribution in [0.1, 0.15) is 88.0 Å². The molecule has 2 aromatic carbocycles. The summed E-state index contributed by atoms with van der Waals surface area (Å²) in [4.78, 5) is 49.5. The molecule has 2 fully saturated rings. The van der Waals surface area contributed by atoms with Gasteiger partial charge in [0.25, 0.3) is 11.8 Å². The van der Waals surface area contributed by atoms with Crippen LogP contribution in [0.5, 0.6) is 28.7 Å². The van der Waals surface area contributed by atoms with E-state index in [2.05, 4.69) is 51.0 Å². The number of aromatic nitrogens is 4. The number of benzene rings is 2. The number of hydrogen-bond donors (Lipinski definition) is 6. The second-order valence-electron chi connectivity index (χ2n) is 20.2. The third-order valence-electron chi connectivity index (χ3n) is 15.6. The lowest BCUT2D eigenvalue weighted by Crippen LogP contribution is -2.37. The smallest absolute Gasteiger partial charge is 0.255 e. The van der Waals surface area contributed by atoms with Crippen molar-refractivity contribution in [2.45, 2.75) is 63.5 Å². The van der Waals surface area contributed by atoms with Gasteiger partial charge in [-0.2, -0.15) is 0 Å². The number of ether oxygens (including phenoxy) is 5. The van der Waals surface area contributed by atoms with Gasteiger partial charge in [-0.3, -0.25) is 24.5 Å². The molecule has 4 aromatic heterocycles. The van der Waals surface area contributed by atoms with Crippen molar-refractivity contribution in [2.75, 3.05) is 83.9 Å². The molecule has 6 aromatic rings. The Balaban J connectivity index is 0.867. The Bertz CT molecular complexity index is 3020. The third-order valence-corrected chi connectivity index (χ3v) is 15.6. The number of methoxy groups -OCH3 is 2. The van der Waals surface area contributed by atoms with Crippen molar-refractivity contribution < 1.29 is 33.3 Å². The van der Waals surface area contributed by atoms with Crippen LogP contribution < -0.4 is 45.0 Å². The van der Waals surface area contributed by atoms with Gasteiger partial charge in [-0.25, -0.2) is 0 Å². The van der Waals surface area contributed by atoms with Crippen molar-refractivity contribution in [2.24, 2.45) is 11.8 Å². The summed E-state index contributed by atoms with van der Waals surface area (Å²) in [6.45, 7) is 8.76. The van der Waals surface area contributed by atoms with Crippen LogP contribution in [0.3, 0.4) is 0 Å². The minimum atomic E-state index is -0.294. The molecule has 0 radical (unpaired) electrons. The topological polar surface area (TPSA) is 192 Å². The number of aryl methyl sites for hydroxylation is 1. The SMILES string of the molecule is COc1ccc(OC2C[C@H]3COc4cnccc4-c4[nH]c5c(c4Nc4cc(C)ccc4OC)C(=O)NC[C@H]5CCCN2C3)c(Nc2c3[nH]c4c2C(=O)NC[C@@H]4CCCN2CC[C@@H](COc4cnccc4-3)C2)c1. The second kappa shape index (κ2) is 19.4. The zero-order valence-electron chi connectivity index (χ0n) is 41.1. The van der Waals surface area contributed by atoms with E-state index in [0.717, 1.165) is 110 Å². The van der Waals surface area contributed by atoms with Gasteiger partial charge >= 0.3 is 0 Å². The molecule has 374 valence electrons. The molecule has 10 heterocycles. The van der Waals surface area contributed by atoms with Crippen LogP contribution >= 0.6 is 0 Å². The molecular formula is C55H62N10O7. The average Bonchev–Trinajstić information content (AvgIpc) is 4.20. The summed E-state index contributed by atoms with van der Waals surface area (Å²) in [6.07, 6.45) is 12.2. The molecule has 2 amide bonds. The zero-order chi connectivity index (χ0) is 48.9. The number of hydrogen-bond acceptors (Lipinski definition) is 13. The molecule has 72 heavy (non-hydrogen) atoms. The van der Waals surface area contributed by atoms with Crippen molar-refractivity contribution in [1.82, 2.24) is 40.4 Å². The highest BCUT2D eigenvalue weighted by atomic mass is 16.5. The molecule has 0 aliphatic carbocycles. The fourth-order valence-electron chi connectivity index (χ4n) is 11.9. The summed E-state index contributed by atoms with van der Waals surface area (Å²) >= 11 is 0. The average molecular weight is 975 g/mol. The predicted octanol–water partition coefficient (Wildman–Crippen LogP) is 8.33. The van der Waals surface area contributed by atoms with Gasteiger partial charge in [0.2, 0.25) is 0 Å². The van der Waals surface area contributed by atoms with Gasteiger partial charge in [-0.05, 0) is 94.1 Å². The lowest BCUT2D eigenvalue weighted by atomic mass is 9.92. The highest BCUT2D eigenvalue weighted by Crippen LogP contribution is 2.48. The van der Waals surface area contributed by atoms with Gasteiger partial charge in [-0.1, -0.05) is 6.07 Å². The largest absolute Gasteiger partial charge is 0.497 e. The number of H-pyrrole nitrogens is 2. The minimum Gasteiger partial charge on any atom is -0.497 e. The van der Waals surface area contributed by atoms with E-state index in [9.17, 15) is 9.59 Å². The number of rotatable bonds is 8. The molecule has 6 N–H and O–H groups in total. The molecule has 7 atom stereocenters. The van der Waals surface area contributed by atoms with E-state index in [-0.39, 0.29) is 35.8 Å². The molecule has 12 rings (SSSR count). The van der Waals surface area contributed by atoms with Gasteiger partial charge < -0.3 is 59.8 Å². The maximum atomic E-state index is 14.2. The van der Waals surface area contributed by atoms with Crippen LogP contribution in [0.2, 0.25) is 0 Å². The van der Waals surface area contributed by atoms with Crippen LogP contribution in [0, 0.1) is 18.8 Å². The van der Waals surface area contributed by atoms with Crippen molar-refractivity contribution >= 4 is 34.6 Å². The fourth-order valence-corrected chi connectivity index (χ4v) is 11.9. The fraction of sp³-hybridized carbons (Fsp3) is 0.418. The number of carbonyl (C=O) groups is 2. The Labute approximate surface area is 418 Å². The Morgan fingerprint density at radius 3 is 1.96 bits per heavy atom. The van der Waals surface area contributed by atoms with Gasteiger partial charge in [0.15, 0.2) is 6.23 Å². The van der Waals surface area contributed by atoms with Crippen molar-refractivity contribution in [3.8, 4) is 51.3 Å². The molecule has 8 bridgehead atoms. The van der Waals surface area contributed by atoms with Crippen LogP contribution in [0.15, 0.2) is 73.3 Å². The molecule has 0 spiro atoms. The minimum absolute atomic E-state index is 0.0282. The Morgan fingerprint density at radius 2 is 1.31 bits per heavy atom. The number of amides is 2. The lowest BCUT2D eigenvalue weighted by Gasteiger charge is -2.28. The highest BCUT2D eigenvalue weighted by Gasteiger charge is 2.39. The number of aromatic amines is 2. The van der Waals surface area contributed by atoms with E-state index < -0.39 is 0 Å². The Hall–Kier alpha value is -7.24. The quantitative estimate of drug-likeness (QED) is 0.0854. The zero-order valence-corrected chi connectivity index (χ0v) is 41.1. The van der Waals surface area contributed by atoms with Gasteiger partial charge in [0.1, 0.15) is 28.7 Å². The summed E-state index contributed by atoms with van der Waals surface area (Å²) in [5, 5.41) is 13.8. The number of nitrogens with one attached hydrogen (secondary N) is 6. The number of anilines is 4. The van der Waals surface area contributed by atoms with E-state index in [1.54, 1.807) is 39.0 Å². The van der Waals surface area contributed by atoms with Gasteiger partial charge in [0.05, 0.1) is 85.1 Å². The lowest BCUT2D eigenvalue weighted by molar-refractivity contribution is 0.0596. The normalized spacial score (nSPS) is 24.4. The van der Waals surface area contributed by atoms with E-state index in [0.29, 0.717) is 95.6 Å². The third kappa shape index (κ3) is 8.71. The van der Waals surface area contributed by atoms with E-state index in [1.165, 1.54) is 0 Å². The van der Waals surface area contributed by atoms with Gasteiger partial charge in [0, 0.05) is 104 Å². The van der Waals surface area contributed by atoms with Crippen LogP contribution in [0.4, 0.5) is 22.7 Å². The highest BCUT2D eigenvalue weighted by molar-refractivity contribution is 6.08. The molecule has 2 saturated heterocycles. The molecule has 3 unspecified atom stereocenters. The molecule has 17 nitrogen and oxygen atoms in total. The summed E-state index contributed by atoms with van der Waals surface area (Å²) in [5.74, 6) is 3.64. The number of nitrogens with zero attached hydrogens (tertiary/aromatic N) is 4. The molecule has 17 heteroatoms. The van der Waals surface area contributed by atoms with E-state index in [4.69, 9.17) is 23.7 Å². The number of carbonyl (C=O) groups excluding carboxylic acids is 2. The van der Waals surface area contributed by atoms with Crippen LogP contribution in [0.25, 0.3) is 22.5 Å². The molecule has 0 saturated carbocycles. The molecular weight excluding hydrogens is 913 g/mol. The van der Waals surface area contributed by atoms with Crippen molar-refractivity contribution in [3.05, 3.63) is 101 Å². The Morgan fingerprint density at radius 1 is 0.681 bits per heavy atom. The first kappa shape index (κ1) is 45.9. The summed E-state index contributed by atoms with van der Waals surface area (Å²) in [5.41, 5.74) is 9.96. The molecule has 6 aliphatic rings. The monoisotopic (exact) mass is 974 g/mol. The second-order valence-corrected chi connectivity index (χ2v) is 20.2. The summed E-state index contributed by atoms with van der Waals surface area (Å²) in [6, 6.07) is 15.7. The summed E-state index contributed by atoms with van der Waals surface area (Å²) < 4.78 is 32.1. The predicted molar refractivity (Wildman–Crippen MR) is 274 cm³/mol. The first-order valence-corrected chi connectivity index (χ1v) is 25.5. The Kier molecular flexibility index (Phi) is 12.4. The summed E-state index contributed by atoms with van der Waals surface area (Å²) in [7, 11) is 3.30. The first-order chi connectivity index (χ1) is 35.3. The number of pyridine rings is 2. The van der Waals surface area contributed by atoms with Crippen molar-refractivity contribution in [3.63, 3.8) is 0 Å². The molecule has 6 aliphatic heterocycles. The van der Waals surface area contributed by atoms with Crippen LogP contribution in [-0.2, 0) is 0 Å². The van der Waals surface area contributed by atoms with E-state index >= 15 is 0 Å². The van der Waals surface area contributed by atoms with Crippen LogP contribution in [-0.4, -0.2) is 121 Å².